The average Bonchev–Trinajstić information content (AvgIpc) is 2.92. The van der Waals surface area contributed by atoms with Gasteiger partial charge >= 0.3 is 11.9 Å². The minimum Gasteiger partial charge on any atom is -0.380 e. The smallest absolute Gasteiger partial charge is 0.380 e. The number of carbonyl (C=O) groups excluding carboxylic acids is 1. The SMILES string of the molecule is C=CC(=O)N1[C@H](C)CN(c2nc(=O)n3c4c(c(-c5ccc(F)cc5F)c(C(F)(F)F)cc24)SCC3COCC)C[C@@H]1C. The highest BCUT2D eigenvalue weighted by Crippen LogP contribution is 2.50. The lowest BCUT2D eigenvalue weighted by Crippen LogP contribution is -2.58. The summed E-state index contributed by atoms with van der Waals surface area (Å²) >= 11 is 1.07. The molecule has 0 spiro atoms. The highest BCUT2D eigenvalue weighted by Gasteiger charge is 2.41. The van der Waals surface area contributed by atoms with Crippen LogP contribution in [-0.4, -0.2) is 64.5 Å². The largest absolute Gasteiger partial charge is 0.417 e. The van der Waals surface area contributed by atoms with Gasteiger partial charge in [-0.05, 0) is 45.0 Å². The molecule has 0 bridgehead atoms. The van der Waals surface area contributed by atoms with Crippen molar-refractivity contribution in [3.8, 4) is 11.1 Å². The minimum atomic E-state index is -4.92. The second kappa shape index (κ2) is 11.3. The van der Waals surface area contributed by atoms with Crippen LogP contribution in [0.5, 0.6) is 0 Å². The molecule has 7 nitrogen and oxygen atoms in total. The van der Waals surface area contributed by atoms with E-state index in [2.05, 4.69) is 11.6 Å². The van der Waals surface area contributed by atoms with Crippen molar-refractivity contribution in [1.29, 1.82) is 0 Å². The van der Waals surface area contributed by atoms with Gasteiger partial charge in [0.15, 0.2) is 0 Å². The number of anilines is 1. The molecule has 3 atom stereocenters. The van der Waals surface area contributed by atoms with Gasteiger partial charge in [-0.2, -0.15) is 18.2 Å². The number of carbonyl (C=O) groups is 1. The first kappa shape index (κ1) is 30.0. The maximum atomic E-state index is 15.1. The van der Waals surface area contributed by atoms with Crippen molar-refractivity contribution in [2.45, 2.75) is 50.0 Å². The van der Waals surface area contributed by atoms with Gasteiger partial charge in [-0.15, -0.1) is 11.8 Å². The summed E-state index contributed by atoms with van der Waals surface area (Å²) in [5.41, 5.74) is -2.50. The molecule has 3 aromatic rings. The first-order valence-corrected chi connectivity index (χ1v) is 14.4. The molecule has 1 fully saturated rings. The van der Waals surface area contributed by atoms with Crippen molar-refractivity contribution in [1.82, 2.24) is 14.5 Å². The van der Waals surface area contributed by atoms with Gasteiger partial charge in [0.1, 0.15) is 17.5 Å². The predicted molar refractivity (Wildman–Crippen MR) is 151 cm³/mol. The van der Waals surface area contributed by atoms with Gasteiger partial charge in [-0.1, -0.05) is 6.58 Å². The number of hydrogen-bond donors (Lipinski definition) is 0. The number of aromatic nitrogens is 2. The zero-order valence-corrected chi connectivity index (χ0v) is 24.0. The van der Waals surface area contributed by atoms with Crippen LogP contribution in [0.3, 0.4) is 0 Å². The zero-order valence-electron chi connectivity index (χ0n) is 23.2. The maximum Gasteiger partial charge on any atom is 0.417 e. The quantitative estimate of drug-likeness (QED) is 0.266. The minimum absolute atomic E-state index is 0.0474. The van der Waals surface area contributed by atoms with Crippen molar-refractivity contribution in [2.24, 2.45) is 0 Å². The summed E-state index contributed by atoms with van der Waals surface area (Å²) in [6.45, 7) is 9.82. The number of piperazine rings is 1. The lowest BCUT2D eigenvalue weighted by Gasteiger charge is -2.45. The monoisotopic (exact) mass is 608 g/mol. The van der Waals surface area contributed by atoms with E-state index in [0.717, 1.165) is 30.0 Å². The Morgan fingerprint density at radius 1 is 1.19 bits per heavy atom. The summed E-state index contributed by atoms with van der Waals surface area (Å²) in [7, 11) is 0. The molecule has 42 heavy (non-hydrogen) atoms. The molecule has 1 unspecified atom stereocenters. The summed E-state index contributed by atoms with van der Waals surface area (Å²) in [6.07, 6.45) is -3.71. The van der Waals surface area contributed by atoms with Crippen LogP contribution in [0, 0.1) is 11.6 Å². The fourth-order valence-electron chi connectivity index (χ4n) is 5.93. The van der Waals surface area contributed by atoms with Crippen LogP contribution in [0.15, 0.2) is 46.6 Å². The summed E-state index contributed by atoms with van der Waals surface area (Å²) < 4.78 is 80.0. The second-order valence-electron chi connectivity index (χ2n) is 10.4. The van der Waals surface area contributed by atoms with E-state index in [1.807, 2.05) is 0 Å². The molecule has 1 saturated heterocycles. The molecule has 0 saturated carbocycles. The van der Waals surface area contributed by atoms with Crippen molar-refractivity contribution in [3.63, 3.8) is 0 Å². The Morgan fingerprint density at radius 3 is 2.48 bits per heavy atom. The Balaban J connectivity index is 1.82. The van der Waals surface area contributed by atoms with Gasteiger partial charge in [0.2, 0.25) is 5.91 Å². The molecule has 0 aliphatic carbocycles. The molecule has 5 rings (SSSR count). The summed E-state index contributed by atoms with van der Waals surface area (Å²) in [6, 6.07) is 2.06. The van der Waals surface area contributed by atoms with Crippen LogP contribution in [0.4, 0.5) is 27.8 Å². The molecule has 2 aromatic carbocycles. The molecule has 3 heterocycles. The Bertz CT molecular complexity index is 1610. The van der Waals surface area contributed by atoms with E-state index in [9.17, 15) is 27.2 Å². The fourth-order valence-corrected chi connectivity index (χ4v) is 7.24. The molecule has 13 heteroatoms. The highest BCUT2D eigenvalue weighted by molar-refractivity contribution is 7.99. The number of amides is 1. The van der Waals surface area contributed by atoms with Crippen molar-refractivity contribution < 1.29 is 31.5 Å². The van der Waals surface area contributed by atoms with Gasteiger partial charge < -0.3 is 14.5 Å². The van der Waals surface area contributed by atoms with E-state index >= 15 is 4.39 Å². The van der Waals surface area contributed by atoms with Gasteiger partial charge in [-0.3, -0.25) is 9.36 Å². The van der Waals surface area contributed by atoms with Crippen LogP contribution < -0.4 is 10.6 Å². The van der Waals surface area contributed by atoms with Crippen LogP contribution in [-0.2, 0) is 15.7 Å². The fraction of sp³-hybridized carbons (Fsp3) is 0.414. The van der Waals surface area contributed by atoms with E-state index in [1.54, 1.807) is 30.6 Å². The second-order valence-corrected chi connectivity index (χ2v) is 11.4. The lowest BCUT2D eigenvalue weighted by atomic mass is 9.95. The third-order valence-corrected chi connectivity index (χ3v) is 8.84. The Kier molecular flexibility index (Phi) is 8.10. The molecular weight excluding hydrogens is 579 g/mol. The summed E-state index contributed by atoms with van der Waals surface area (Å²) in [4.78, 5) is 33.8. The zero-order chi connectivity index (χ0) is 30.5. The Morgan fingerprint density at radius 2 is 1.88 bits per heavy atom. The number of halogens is 5. The molecule has 224 valence electrons. The lowest BCUT2D eigenvalue weighted by molar-refractivity contribution is -0.137. The number of nitrogens with zero attached hydrogens (tertiary/aromatic N) is 4. The van der Waals surface area contributed by atoms with Crippen LogP contribution in [0.1, 0.15) is 32.4 Å². The molecule has 0 N–H and O–H groups in total. The molecule has 2 aliphatic heterocycles. The molecule has 2 aliphatic rings. The number of benzene rings is 2. The normalized spacial score (nSPS) is 20.7. The third-order valence-electron chi connectivity index (χ3n) is 7.60. The Hall–Kier alpha value is -3.45. The van der Waals surface area contributed by atoms with E-state index in [-0.39, 0.29) is 65.1 Å². The van der Waals surface area contributed by atoms with E-state index < -0.39 is 46.2 Å². The third kappa shape index (κ3) is 5.17. The van der Waals surface area contributed by atoms with E-state index in [0.29, 0.717) is 12.7 Å². The van der Waals surface area contributed by atoms with Gasteiger partial charge in [-0.25, -0.2) is 13.6 Å². The number of thioether (sulfide) groups is 1. The van der Waals surface area contributed by atoms with Crippen molar-refractivity contribution in [2.75, 3.05) is 37.0 Å². The van der Waals surface area contributed by atoms with Crippen LogP contribution in [0.2, 0.25) is 0 Å². The predicted octanol–water partition coefficient (Wildman–Crippen LogP) is 5.66. The number of ether oxygens (including phenoxy) is 1. The average molecular weight is 609 g/mol. The van der Waals surface area contributed by atoms with Gasteiger partial charge in [0.05, 0.1) is 23.7 Å². The standard InChI is InChI=1S/C29H29F5N4O3S/c1-5-23(39)37-15(3)11-36(12-16(37)4)27-20-10-21(29(32,33)34)24(19-8-7-17(30)9-22(19)31)26-25(20)38(28(40)35-27)18(14-42-26)13-41-6-2/h5,7-10,15-16,18H,1,6,11-14H2,2-4H3/t15-,16+,18?. The molecule has 1 amide bonds. The van der Waals surface area contributed by atoms with Crippen LogP contribution in [0.25, 0.3) is 22.0 Å². The maximum absolute atomic E-state index is 15.1. The van der Waals surface area contributed by atoms with Gasteiger partial charge in [0.25, 0.3) is 0 Å². The summed E-state index contributed by atoms with van der Waals surface area (Å²) in [5.74, 6) is -2.13. The first-order valence-electron chi connectivity index (χ1n) is 13.4. The molecular formula is C29H29F5N4O3S. The van der Waals surface area contributed by atoms with Crippen LogP contribution >= 0.6 is 11.8 Å². The topological polar surface area (TPSA) is 67.7 Å². The highest BCUT2D eigenvalue weighted by atomic mass is 32.2. The molecule has 1 aromatic heterocycles. The number of alkyl halides is 3. The summed E-state index contributed by atoms with van der Waals surface area (Å²) in [5, 5.41) is 0.0693. The van der Waals surface area contributed by atoms with E-state index in [4.69, 9.17) is 4.74 Å². The van der Waals surface area contributed by atoms with Crippen molar-refractivity contribution in [3.05, 3.63) is 64.6 Å². The number of rotatable bonds is 6. The Labute approximate surface area is 242 Å². The number of hydrogen-bond acceptors (Lipinski definition) is 6. The first-order chi connectivity index (χ1) is 19.9. The van der Waals surface area contributed by atoms with Gasteiger partial charge in [0, 0.05) is 65.0 Å². The molecule has 0 radical (unpaired) electrons. The van der Waals surface area contributed by atoms with E-state index in [1.165, 1.54) is 10.6 Å². The van der Waals surface area contributed by atoms with Crippen molar-refractivity contribution >= 4 is 34.4 Å².